The average Bonchev–Trinajstić information content (AvgIpc) is 2.38. The van der Waals surface area contributed by atoms with E-state index < -0.39 is 0 Å². The fourth-order valence-corrected chi connectivity index (χ4v) is 2.79. The van der Waals surface area contributed by atoms with E-state index in [2.05, 4.69) is 4.98 Å². The normalized spacial score (nSPS) is 10.7. The van der Waals surface area contributed by atoms with E-state index in [4.69, 9.17) is 15.9 Å². The number of amidine groups is 1. The Morgan fingerprint density at radius 1 is 1.44 bits per heavy atom. The van der Waals surface area contributed by atoms with Gasteiger partial charge in [-0.3, -0.25) is 10.4 Å². The number of hydrogen-bond acceptors (Lipinski definition) is 4. The first-order valence-corrected chi connectivity index (χ1v) is 6.56. The van der Waals surface area contributed by atoms with Gasteiger partial charge in [0.2, 0.25) is 0 Å². The third kappa shape index (κ3) is 2.63. The molecule has 3 N–H and O–H groups in total. The van der Waals surface area contributed by atoms with Crippen molar-refractivity contribution in [3.63, 3.8) is 0 Å². The van der Waals surface area contributed by atoms with Gasteiger partial charge in [0, 0.05) is 34.9 Å². The van der Waals surface area contributed by atoms with Crippen LogP contribution in [0.1, 0.15) is 5.56 Å². The van der Waals surface area contributed by atoms with Gasteiger partial charge >= 0.3 is 0 Å². The van der Waals surface area contributed by atoms with Crippen molar-refractivity contribution in [1.29, 1.82) is 5.41 Å². The molecular weight excluding hydrogens is 246 g/mol. The monoisotopic (exact) mass is 261 g/mol. The molecule has 1 aromatic carbocycles. The van der Waals surface area contributed by atoms with Gasteiger partial charge in [-0.25, -0.2) is 0 Å². The van der Waals surface area contributed by atoms with Gasteiger partial charge in [0.1, 0.15) is 5.84 Å². The number of pyridine rings is 1. The van der Waals surface area contributed by atoms with Gasteiger partial charge in [-0.2, -0.15) is 0 Å². The summed E-state index contributed by atoms with van der Waals surface area (Å²) < 4.78 is 5.05. The number of methoxy groups -OCH3 is 1. The van der Waals surface area contributed by atoms with Crippen LogP contribution in [-0.4, -0.2) is 30.3 Å². The predicted molar refractivity (Wildman–Crippen MR) is 75.4 cm³/mol. The zero-order valence-electron chi connectivity index (χ0n) is 10.1. The van der Waals surface area contributed by atoms with Gasteiger partial charge in [0.05, 0.1) is 12.1 Å². The molecule has 0 saturated carbocycles. The van der Waals surface area contributed by atoms with Gasteiger partial charge in [0.15, 0.2) is 0 Å². The number of thioether (sulfide) groups is 1. The summed E-state index contributed by atoms with van der Waals surface area (Å²) in [6.07, 6.45) is 1.67. The van der Waals surface area contributed by atoms with E-state index in [1.165, 1.54) is 0 Å². The summed E-state index contributed by atoms with van der Waals surface area (Å²) in [4.78, 5) is 5.33. The minimum Gasteiger partial charge on any atom is -0.384 e. The number of benzene rings is 1. The van der Waals surface area contributed by atoms with Crippen molar-refractivity contribution in [3.8, 4) is 0 Å². The molecule has 0 saturated heterocycles. The minimum atomic E-state index is 0.0492. The van der Waals surface area contributed by atoms with Crippen molar-refractivity contribution in [1.82, 2.24) is 4.98 Å². The Morgan fingerprint density at radius 2 is 2.22 bits per heavy atom. The van der Waals surface area contributed by atoms with Crippen LogP contribution in [0.25, 0.3) is 10.9 Å². The van der Waals surface area contributed by atoms with Crippen LogP contribution in [0.15, 0.2) is 35.4 Å². The molecule has 1 aromatic heterocycles. The Labute approximate surface area is 110 Å². The molecule has 0 amide bonds. The molecule has 0 fully saturated rings. The van der Waals surface area contributed by atoms with Gasteiger partial charge in [-0.15, -0.1) is 11.8 Å². The lowest BCUT2D eigenvalue weighted by Crippen LogP contribution is -2.13. The summed E-state index contributed by atoms with van der Waals surface area (Å²) in [6, 6.07) is 7.88. The molecule has 1 heterocycles. The number of nitrogen functional groups attached to an aromatic ring is 1. The Morgan fingerprint density at radius 3 is 2.94 bits per heavy atom. The molecule has 0 spiro atoms. The van der Waals surface area contributed by atoms with Gasteiger partial charge in [-0.05, 0) is 6.07 Å². The Hall–Kier alpha value is -1.59. The lowest BCUT2D eigenvalue weighted by atomic mass is 10.1. The van der Waals surface area contributed by atoms with Crippen LogP contribution in [0.3, 0.4) is 0 Å². The van der Waals surface area contributed by atoms with Crippen LogP contribution in [0.5, 0.6) is 0 Å². The fraction of sp³-hybridized carbons (Fsp3) is 0.231. The van der Waals surface area contributed by atoms with Crippen molar-refractivity contribution in [2.24, 2.45) is 5.73 Å². The number of nitrogens with two attached hydrogens (primary N) is 1. The number of hydrogen-bond donors (Lipinski definition) is 2. The first-order valence-electron chi connectivity index (χ1n) is 5.58. The van der Waals surface area contributed by atoms with Crippen LogP contribution in [0, 0.1) is 5.41 Å². The van der Waals surface area contributed by atoms with E-state index >= 15 is 0 Å². The molecule has 2 aromatic rings. The molecule has 2 rings (SSSR count). The van der Waals surface area contributed by atoms with Crippen molar-refractivity contribution in [2.75, 3.05) is 19.5 Å². The third-order valence-electron chi connectivity index (χ3n) is 2.55. The van der Waals surface area contributed by atoms with Crippen LogP contribution < -0.4 is 5.73 Å². The first-order chi connectivity index (χ1) is 8.74. The molecule has 18 heavy (non-hydrogen) atoms. The highest BCUT2D eigenvalue weighted by Gasteiger charge is 2.11. The standard InChI is InChI=1S/C13H15N3OS/c1-17-6-7-18-12-9-4-2-3-5-11(9)16-8-10(12)13(14)15/h2-5,8H,6-7H2,1H3,(H3,14,15). The SMILES string of the molecule is COCCSc1c(C(=N)N)cnc2ccccc12. The second-order valence-corrected chi connectivity index (χ2v) is 4.88. The largest absolute Gasteiger partial charge is 0.384 e. The van der Waals surface area contributed by atoms with Crippen LogP contribution in [0.4, 0.5) is 0 Å². The van der Waals surface area contributed by atoms with E-state index in [1.807, 2.05) is 24.3 Å². The maximum Gasteiger partial charge on any atom is 0.125 e. The highest BCUT2D eigenvalue weighted by atomic mass is 32.2. The molecule has 0 aliphatic rings. The van der Waals surface area contributed by atoms with Crippen LogP contribution in [-0.2, 0) is 4.74 Å². The van der Waals surface area contributed by atoms with E-state index in [1.54, 1.807) is 25.1 Å². The molecule has 0 radical (unpaired) electrons. The third-order valence-corrected chi connectivity index (χ3v) is 3.65. The summed E-state index contributed by atoms with van der Waals surface area (Å²) in [7, 11) is 1.68. The molecule has 4 nitrogen and oxygen atoms in total. The summed E-state index contributed by atoms with van der Waals surface area (Å²) in [5.74, 6) is 0.873. The first kappa shape index (κ1) is 12.9. The summed E-state index contributed by atoms with van der Waals surface area (Å²) in [5, 5.41) is 8.66. The number of nitrogens with one attached hydrogen (secondary N) is 1. The minimum absolute atomic E-state index is 0.0492. The summed E-state index contributed by atoms with van der Waals surface area (Å²) >= 11 is 1.64. The quantitative estimate of drug-likeness (QED) is 0.375. The zero-order chi connectivity index (χ0) is 13.0. The van der Waals surface area contributed by atoms with Crippen molar-refractivity contribution < 1.29 is 4.74 Å². The molecule has 0 unspecified atom stereocenters. The number of aromatic nitrogens is 1. The number of para-hydroxylation sites is 1. The van der Waals surface area contributed by atoms with Crippen molar-refractivity contribution >= 4 is 28.5 Å². The van der Waals surface area contributed by atoms with Gasteiger partial charge in [0.25, 0.3) is 0 Å². The zero-order valence-corrected chi connectivity index (χ0v) is 11.0. The second-order valence-electron chi connectivity index (χ2n) is 3.77. The maximum atomic E-state index is 7.63. The van der Waals surface area contributed by atoms with Crippen LogP contribution >= 0.6 is 11.8 Å². The topological polar surface area (TPSA) is 72.0 Å². The smallest absolute Gasteiger partial charge is 0.125 e. The van der Waals surface area contributed by atoms with Gasteiger partial charge < -0.3 is 10.5 Å². The molecule has 5 heteroatoms. The van der Waals surface area contributed by atoms with E-state index in [0.717, 1.165) is 21.6 Å². The number of nitrogens with zero attached hydrogens (tertiary/aromatic N) is 1. The lowest BCUT2D eigenvalue weighted by Gasteiger charge is -2.10. The number of fused-ring (bicyclic) bond motifs is 1. The number of ether oxygens (including phenoxy) is 1. The predicted octanol–water partition coefficient (Wildman–Crippen LogP) is 2.26. The second kappa shape index (κ2) is 5.84. The lowest BCUT2D eigenvalue weighted by molar-refractivity contribution is 0.218. The Balaban J connectivity index is 2.48. The van der Waals surface area contributed by atoms with Crippen molar-refractivity contribution in [2.45, 2.75) is 4.90 Å². The maximum absolute atomic E-state index is 7.63. The Kier molecular flexibility index (Phi) is 4.17. The Bertz CT molecular complexity index is 571. The van der Waals surface area contributed by atoms with E-state index in [-0.39, 0.29) is 5.84 Å². The summed E-state index contributed by atoms with van der Waals surface area (Å²) in [5.41, 5.74) is 7.22. The molecule has 0 atom stereocenters. The van der Waals surface area contributed by atoms with Crippen LogP contribution in [0.2, 0.25) is 0 Å². The number of rotatable bonds is 5. The van der Waals surface area contributed by atoms with Gasteiger partial charge in [-0.1, -0.05) is 18.2 Å². The highest BCUT2D eigenvalue weighted by Crippen LogP contribution is 2.29. The van der Waals surface area contributed by atoms with Crippen molar-refractivity contribution in [3.05, 3.63) is 36.0 Å². The molecule has 0 aliphatic heterocycles. The molecule has 94 valence electrons. The average molecular weight is 261 g/mol. The highest BCUT2D eigenvalue weighted by molar-refractivity contribution is 7.99. The van der Waals surface area contributed by atoms with E-state index in [0.29, 0.717) is 12.2 Å². The summed E-state index contributed by atoms with van der Waals surface area (Å²) in [6.45, 7) is 0.665. The molecule has 0 bridgehead atoms. The molecule has 0 aliphatic carbocycles. The molecular formula is C13H15N3OS. The fourth-order valence-electron chi connectivity index (χ4n) is 1.69. The van der Waals surface area contributed by atoms with E-state index in [9.17, 15) is 0 Å².